The number of nitrogens with zero attached hydrogens (tertiary/aromatic N) is 6. The van der Waals surface area contributed by atoms with Crippen molar-refractivity contribution in [2.75, 3.05) is 32.8 Å². The third-order valence-corrected chi connectivity index (χ3v) is 6.51. The summed E-state index contributed by atoms with van der Waals surface area (Å²) in [5.74, 6) is 1.00. The van der Waals surface area contributed by atoms with Gasteiger partial charge >= 0.3 is 0 Å². The number of hydrogen-bond acceptors (Lipinski definition) is 6. The van der Waals surface area contributed by atoms with Gasteiger partial charge in [-0.15, -0.1) is 5.10 Å². The van der Waals surface area contributed by atoms with Crippen molar-refractivity contribution < 1.29 is 4.74 Å². The zero-order chi connectivity index (χ0) is 20.8. The highest BCUT2D eigenvalue weighted by Gasteiger charge is 2.30. The average molecular weight is 433 g/mol. The molecule has 0 radical (unpaired) electrons. The van der Waals surface area contributed by atoms with Gasteiger partial charge in [-0.05, 0) is 47.4 Å². The summed E-state index contributed by atoms with van der Waals surface area (Å²) in [4.78, 5) is 5.09. The summed E-state index contributed by atoms with van der Waals surface area (Å²) in [7, 11) is 0. The number of benzene rings is 1. The lowest BCUT2D eigenvalue weighted by Gasteiger charge is -2.39. The molecule has 2 aliphatic heterocycles. The van der Waals surface area contributed by atoms with E-state index >= 15 is 0 Å². The number of rotatable bonds is 9. The van der Waals surface area contributed by atoms with Crippen molar-refractivity contribution in [3.05, 3.63) is 40.7 Å². The van der Waals surface area contributed by atoms with E-state index in [1.165, 1.54) is 18.4 Å². The van der Waals surface area contributed by atoms with Crippen LogP contribution in [0.25, 0.3) is 0 Å². The first-order chi connectivity index (χ1) is 14.7. The van der Waals surface area contributed by atoms with Crippen LogP contribution in [0.5, 0.6) is 0 Å². The summed E-state index contributed by atoms with van der Waals surface area (Å²) in [5.41, 5.74) is 1.32. The minimum Gasteiger partial charge on any atom is -0.376 e. The predicted octanol–water partition coefficient (Wildman–Crippen LogP) is 3.55. The molecule has 2 aliphatic rings. The smallest absolute Gasteiger partial charge is 0.168 e. The van der Waals surface area contributed by atoms with Crippen molar-refractivity contribution in [1.29, 1.82) is 0 Å². The number of piperazine rings is 1. The second-order valence-electron chi connectivity index (χ2n) is 8.45. The second-order valence-corrected chi connectivity index (χ2v) is 8.89. The Morgan fingerprint density at radius 1 is 1.17 bits per heavy atom. The van der Waals surface area contributed by atoms with E-state index in [-0.39, 0.29) is 12.1 Å². The second kappa shape index (κ2) is 10.7. The summed E-state index contributed by atoms with van der Waals surface area (Å²) < 4.78 is 7.82. The number of unbranched alkanes of at least 4 members (excludes halogenated alkanes) is 1. The van der Waals surface area contributed by atoms with Crippen molar-refractivity contribution in [3.8, 4) is 0 Å². The van der Waals surface area contributed by atoms with Crippen LogP contribution in [0, 0.1) is 0 Å². The fraction of sp³-hybridized carbons (Fsp3) is 0.682. The molecule has 2 atom stereocenters. The van der Waals surface area contributed by atoms with E-state index in [1.54, 1.807) is 0 Å². The summed E-state index contributed by atoms with van der Waals surface area (Å²) in [6.07, 6.45) is 5.94. The van der Waals surface area contributed by atoms with Crippen LogP contribution in [0.1, 0.15) is 56.5 Å². The third-order valence-electron chi connectivity index (χ3n) is 6.26. The van der Waals surface area contributed by atoms with Gasteiger partial charge in [-0.25, -0.2) is 4.68 Å². The summed E-state index contributed by atoms with van der Waals surface area (Å²) in [6, 6.07) is 8.47. The first-order valence-corrected chi connectivity index (χ1v) is 11.7. The largest absolute Gasteiger partial charge is 0.376 e. The molecule has 8 heteroatoms. The van der Waals surface area contributed by atoms with Crippen molar-refractivity contribution in [3.63, 3.8) is 0 Å². The molecule has 30 heavy (non-hydrogen) atoms. The van der Waals surface area contributed by atoms with E-state index in [0.29, 0.717) is 0 Å². The maximum absolute atomic E-state index is 6.02. The molecule has 164 valence electrons. The summed E-state index contributed by atoms with van der Waals surface area (Å²) >= 11 is 6.02. The van der Waals surface area contributed by atoms with Gasteiger partial charge in [0.05, 0.1) is 18.7 Å². The number of halogens is 1. The summed E-state index contributed by atoms with van der Waals surface area (Å²) in [6.45, 7) is 9.02. The number of ether oxygens (including phenoxy) is 1. The number of tetrazole rings is 1. The van der Waals surface area contributed by atoms with E-state index in [1.807, 2.05) is 16.8 Å². The lowest BCUT2D eigenvalue weighted by atomic mass is 10.1. The van der Waals surface area contributed by atoms with Crippen LogP contribution in [-0.2, 0) is 17.8 Å². The van der Waals surface area contributed by atoms with Crippen molar-refractivity contribution in [1.82, 2.24) is 30.0 Å². The van der Waals surface area contributed by atoms with E-state index in [9.17, 15) is 0 Å². The fourth-order valence-corrected chi connectivity index (χ4v) is 4.64. The SMILES string of the molecule is CCCCC(c1nnnn1CC1CCCO1)N1CCN(Cc2ccc(Cl)cc2)CC1. The molecule has 2 fully saturated rings. The maximum Gasteiger partial charge on any atom is 0.168 e. The highest BCUT2D eigenvalue weighted by Crippen LogP contribution is 2.27. The molecule has 0 aliphatic carbocycles. The van der Waals surface area contributed by atoms with Crippen LogP contribution in [0.4, 0.5) is 0 Å². The van der Waals surface area contributed by atoms with Gasteiger partial charge < -0.3 is 4.74 Å². The Hall–Kier alpha value is -1.54. The normalized spacial score (nSPS) is 21.9. The first kappa shape index (κ1) is 21.7. The molecular weight excluding hydrogens is 400 g/mol. The highest BCUT2D eigenvalue weighted by molar-refractivity contribution is 6.30. The Balaban J connectivity index is 1.38. The van der Waals surface area contributed by atoms with Gasteiger partial charge in [-0.1, -0.05) is 43.5 Å². The van der Waals surface area contributed by atoms with Crippen LogP contribution in [-0.4, -0.2) is 68.9 Å². The van der Waals surface area contributed by atoms with Crippen LogP contribution in [0.3, 0.4) is 0 Å². The molecular formula is C22H33ClN6O. The number of hydrogen-bond donors (Lipinski definition) is 0. The minimum atomic E-state index is 0.246. The molecule has 3 heterocycles. The molecule has 4 rings (SSSR count). The monoisotopic (exact) mass is 432 g/mol. The Kier molecular flexibility index (Phi) is 7.71. The predicted molar refractivity (Wildman–Crippen MR) is 117 cm³/mol. The molecule has 2 aromatic rings. The van der Waals surface area contributed by atoms with Gasteiger partial charge in [-0.2, -0.15) is 0 Å². The first-order valence-electron chi connectivity index (χ1n) is 11.3. The Bertz CT molecular complexity index is 768. The van der Waals surface area contributed by atoms with Crippen molar-refractivity contribution in [2.24, 2.45) is 0 Å². The zero-order valence-electron chi connectivity index (χ0n) is 17.9. The fourth-order valence-electron chi connectivity index (χ4n) is 4.52. The van der Waals surface area contributed by atoms with Gasteiger partial charge in [-0.3, -0.25) is 9.80 Å². The molecule has 1 aromatic carbocycles. The molecule has 7 nitrogen and oxygen atoms in total. The zero-order valence-corrected chi connectivity index (χ0v) is 18.7. The van der Waals surface area contributed by atoms with E-state index in [4.69, 9.17) is 16.3 Å². The van der Waals surface area contributed by atoms with Crippen molar-refractivity contribution >= 4 is 11.6 Å². The Morgan fingerprint density at radius 3 is 2.67 bits per heavy atom. The van der Waals surface area contributed by atoms with Gasteiger partial charge in [0.25, 0.3) is 0 Å². The van der Waals surface area contributed by atoms with Gasteiger partial charge in [0.15, 0.2) is 5.82 Å². The molecule has 1 aromatic heterocycles. The van der Waals surface area contributed by atoms with Crippen LogP contribution in [0.2, 0.25) is 5.02 Å². The molecule has 0 bridgehead atoms. The van der Waals surface area contributed by atoms with E-state index in [0.717, 1.165) is 76.0 Å². The Morgan fingerprint density at radius 2 is 1.97 bits per heavy atom. The van der Waals surface area contributed by atoms with Crippen LogP contribution in [0.15, 0.2) is 24.3 Å². The topological polar surface area (TPSA) is 59.3 Å². The molecule has 2 unspecified atom stereocenters. The lowest BCUT2D eigenvalue weighted by molar-refractivity contribution is 0.0730. The molecule has 0 amide bonds. The Labute approximate surface area is 184 Å². The van der Waals surface area contributed by atoms with E-state index < -0.39 is 0 Å². The quantitative estimate of drug-likeness (QED) is 0.603. The third kappa shape index (κ3) is 5.58. The maximum atomic E-state index is 6.02. The van der Waals surface area contributed by atoms with Crippen LogP contribution < -0.4 is 0 Å². The summed E-state index contributed by atoms with van der Waals surface area (Å²) in [5, 5.41) is 13.6. The van der Waals surface area contributed by atoms with E-state index in [2.05, 4.69) is 44.4 Å². The van der Waals surface area contributed by atoms with Crippen molar-refractivity contribution in [2.45, 2.75) is 64.3 Å². The van der Waals surface area contributed by atoms with Gasteiger partial charge in [0, 0.05) is 44.4 Å². The number of aromatic nitrogens is 4. The molecule has 2 saturated heterocycles. The van der Waals surface area contributed by atoms with Gasteiger partial charge in [0.2, 0.25) is 0 Å². The molecule has 0 spiro atoms. The molecule has 0 saturated carbocycles. The standard InChI is InChI=1S/C22H33ClN6O/c1-2-3-6-21(22-24-25-26-29(22)17-20-5-4-15-30-20)28-13-11-27(12-14-28)16-18-7-9-19(23)10-8-18/h7-10,20-21H,2-6,11-17H2,1H3. The lowest BCUT2D eigenvalue weighted by Crippen LogP contribution is -2.47. The van der Waals surface area contributed by atoms with Crippen LogP contribution >= 0.6 is 11.6 Å². The minimum absolute atomic E-state index is 0.246. The molecule has 0 N–H and O–H groups in total. The van der Waals surface area contributed by atoms with Gasteiger partial charge in [0.1, 0.15) is 0 Å². The highest BCUT2D eigenvalue weighted by atomic mass is 35.5. The average Bonchev–Trinajstić information content (AvgIpc) is 3.44.